The number of urea groups is 1. The van der Waals surface area contributed by atoms with Crippen molar-refractivity contribution in [3.63, 3.8) is 0 Å². The van der Waals surface area contributed by atoms with Crippen molar-refractivity contribution in [1.29, 1.82) is 0 Å². The van der Waals surface area contributed by atoms with Gasteiger partial charge < -0.3 is 14.8 Å². The zero-order valence-electron chi connectivity index (χ0n) is 17.6. The predicted octanol–water partition coefficient (Wildman–Crippen LogP) is 5.73. The minimum Gasteiger partial charge on any atom is -0.348 e. The van der Waals surface area contributed by atoms with Crippen molar-refractivity contribution in [3.8, 4) is 0 Å². The Hall–Kier alpha value is -3.01. The van der Waals surface area contributed by atoms with Gasteiger partial charge in [0.1, 0.15) is 0 Å². The number of aryl methyl sites for hydroxylation is 1. The van der Waals surface area contributed by atoms with Crippen molar-refractivity contribution in [1.82, 2.24) is 9.47 Å². The Bertz CT molecular complexity index is 1010. The Morgan fingerprint density at radius 3 is 2.38 bits per heavy atom. The lowest BCUT2D eigenvalue weighted by atomic mass is 9.86. The van der Waals surface area contributed by atoms with Crippen molar-refractivity contribution in [2.45, 2.75) is 45.7 Å². The normalized spacial score (nSPS) is 16.4. The Kier molecular flexibility index (Phi) is 4.95. The Morgan fingerprint density at radius 1 is 0.966 bits per heavy atom. The first kappa shape index (κ1) is 19.3. The molecule has 4 nitrogen and oxygen atoms in total. The van der Waals surface area contributed by atoms with E-state index in [1.165, 1.54) is 5.56 Å². The fourth-order valence-electron chi connectivity index (χ4n) is 4.02. The van der Waals surface area contributed by atoms with E-state index in [0.717, 1.165) is 29.1 Å². The summed E-state index contributed by atoms with van der Waals surface area (Å²) in [5.74, 6) is 0. The molecule has 0 fully saturated rings. The molecule has 1 unspecified atom stereocenters. The van der Waals surface area contributed by atoms with Crippen molar-refractivity contribution >= 4 is 11.7 Å². The molecule has 29 heavy (non-hydrogen) atoms. The van der Waals surface area contributed by atoms with Crippen LogP contribution in [-0.4, -0.2) is 22.0 Å². The summed E-state index contributed by atoms with van der Waals surface area (Å²) in [5, 5.41) is 3.12. The third kappa shape index (κ3) is 3.80. The van der Waals surface area contributed by atoms with E-state index in [9.17, 15) is 4.79 Å². The first-order valence-corrected chi connectivity index (χ1v) is 10.2. The van der Waals surface area contributed by atoms with Crippen LogP contribution < -0.4 is 5.32 Å². The van der Waals surface area contributed by atoms with Gasteiger partial charge in [-0.25, -0.2) is 4.79 Å². The first-order valence-electron chi connectivity index (χ1n) is 10.2. The highest BCUT2D eigenvalue weighted by Gasteiger charge is 2.32. The van der Waals surface area contributed by atoms with Crippen LogP contribution in [0.2, 0.25) is 0 Å². The molecule has 4 heteroatoms. The first-order chi connectivity index (χ1) is 13.8. The lowest BCUT2D eigenvalue weighted by Gasteiger charge is -2.37. The molecule has 2 amide bonds. The lowest BCUT2D eigenvalue weighted by Crippen LogP contribution is -2.44. The van der Waals surface area contributed by atoms with Gasteiger partial charge in [-0.1, -0.05) is 63.2 Å². The van der Waals surface area contributed by atoms with Gasteiger partial charge >= 0.3 is 6.03 Å². The third-order valence-corrected chi connectivity index (χ3v) is 5.78. The highest BCUT2D eigenvalue weighted by atomic mass is 16.2. The number of hydrogen-bond donors (Lipinski definition) is 1. The van der Waals surface area contributed by atoms with Gasteiger partial charge in [-0.2, -0.15) is 0 Å². The van der Waals surface area contributed by atoms with Crippen molar-refractivity contribution in [2.75, 3.05) is 11.9 Å². The Labute approximate surface area is 173 Å². The largest absolute Gasteiger partial charge is 0.348 e. The van der Waals surface area contributed by atoms with Crippen LogP contribution in [0.4, 0.5) is 10.5 Å². The molecule has 4 rings (SSSR count). The van der Waals surface area contributed by atoms with Crippen molar-refractivity contribution in [2.24, 2.45) is 0 Å². The van der Waals surface area contributed by atoms with E-state index >= 15 is 0 Å². The van der Waals surface area contributed by atoms with Crippen LogP contribution in [0.15, 0.2) is 66.9 Å². The molecule has 0 aliphatic carbocycles. The van der Waals surface area contributed by atoms with Gasteiger partial charge in [0, 0.05) is 30.7 Å². The zero-order chi connectivity index (χ0) is 20.6. The molecule has 0 saturated heterocycles. The number of para-hydroxylation sites is 1. The van der Waals surface area contributed by atoms with E-state index < -0.39 is 0 Å². The van der Waals surface area contributed by atoms with Gasteiger partial charge in [-0.05, 0) is 47.2 Å². The molecule has 0 spiro atoms. The Morgan fingerprint density at radius 2 is 1.69 bits per heavy atom. The van der Waals surface area contributed by atoms with E-state index in [2.05, 4.69) is 73.3 Å². The number of amides is 2. The SMILES string of the molecule is Cc1ccccc1NC(=O)N1CCn2cccc2C1c1ccc(C(C)(C)C)cc1. The average Bonchev–Trinajstić information content (AvgIpc) is 3.17. The highest BCUT2D eigenvalue weighted by Crippen LogP contribution is 2.34. The summed E-state index contributed by atoms with van der Waals surface area (Å²) in [6, 6.07) is 20.6. The number of fused-ring (bicyclic) bond motifs is 1. The van der Waals surface area contributed by atoms with Crippen molar-refractivity contribution in [3.05, 3.63) is 89.2 Å². The lowest BCUT2D eigenvalue weighted by molar-refractivity contribution is 0.182. The number of benzene rings is 2. The van der Waals surface area contributed by atoms with E-state index in [-0.39, 0.29) is 17.5 Å². The zero-order valence-corrected chi connectivity index (χ0v) is 17.6. The van der Waals surface area contributed by atoms with Crippen LogP contribution in [0.3, 0.4) is 0 Å². The van der Waals surface area contributed by atoms with Crippen LogP contribution in [0.1, 0.15) is 49.2 Å². The standard InChI is InChI=1S/C25H29N3O/c1-18-8-5-6-9-21(18)26-24(29)28-17-16-27-15-7-10-22(27)23(28)19-11-13-20(14-12-19)25(2,3)4/h5-15,23H,16-17H2,1-4H3,(H,26,29). The maximum absolute atomic E-state index is 13.3. The monoisotopic (exact) mass is 387 g/mol. The Balaban J connectivity index is 1.68. The maximum atomic E-state index is 13.3. The van der Waals surface area contributed by atoms with Gasteiger partial charge in [0.25, 0.3) is 0 Å². The molecule has 0 radical (unpaired) electrons. The summed E-state index contributed by atoms with van der Waals surface area (Å²) in [5.41, 5.74) is 5.61. The minimum absolute atomic E-state index is 0.0587. The minimum atomic E-state index is -0.100. The maximum Gasteiger partial charge on any atom is 0.322 e. The molecule has 0 bridgehead atoms. The van der Waals surface area contributed by atoms with E-state index in [4.69, 9.17) is 0 Å². The van der Waals surface area contributed by atoms with Crippen LogP contribution in [-0.2, 0) is 12.0 Å². The number of aromatic nitrogens is 1. The summed E-state index contributed by atoms with van der Waals surface area (Å²) < 4.78 is 2.25. The van der Waals surface area contributed by atoms with Gasteiger partial charge in [0.05, 0.1) is 6.04 Å². The second-order valence-electron chi connectivity index (χ2n) is 8.84. The molecular weight excluding hydrogens is 358 g/mol. The summed E-state index contributed by atoms with van der Waals surface area (Å²) in [4.78, 5) is 15.2. The second-order valence-corrected chi connectivity index (χ2v) is 8.84. The molecule has 0 saturated carbocycles. The molecule has 1 aliphatic heterocycles. The summed E-state index contributed by atoms with van der Waals surface area (Å²) in [7, 11) is 0. The van der Waals surface area contributed by atoms with Crippen LogP contribution in [0.5, 0.6) is 0 Å². The van der Waals surface area contributed by atoms with Gasteiger partial charge in [-0.3, -0.25) is 0 Å². The smallest absolute Gasteiger partial charge is 0.322 e. The summed E-state index contributed by atoms with van der Waals surface area (Å²) in [6.07, 6.45) is 2.10. The molecule has 1 aromatic heterocycles. The molecule has 1 atom stereocenters. The number of nitrogens with one attached hydrogen (secondary N) is 1. The van der Waals surface area contributed by atoms with Crippen molar-refractivity contribution < 1.29 is 4.79 Å². The number of carbonyl (C=O) groups excluding carboxylic acids is 1. The van der Waals surface area contributed by atoms with Crippen LogP contribution in [0.25, 0.3) is 0 Å². The van der Waals surface area contributed by atoms with E-state index in [0.29, 0.717) is 6.54 Å². The fourth-order valence-corrected chi connectivity index (χ4v) is 4.02. The molecule has 2 heterocycles. The van der Waals surface area contributed by atoms with Gasteiger partial charge in [0.15, 0.2) is 0 Å². The summed E-state index contributed by atoms with van der Waals surface area (Å²) in [6.45, 7) is 10.1. The summed E-state index contributed by atoms with van der Waals surface area (Å²) >= 11 is 0. The van der Waals surface area contributed by atoms with E-state index in [1.54, 1.807) is 0 Å². The van der Waals surface area contributed by atoms with Crippen LogP contribution in [0, 0.1) is 6.92 Å². The molecule has 1 aliphatic rings. The molecule has 1 N–H and O–H groups in total. The average molecular weight is 388 g/mol. The number of anilines is 1. The highest BCUT2D eigenvalue weighted by molar-refractivity contribution is 5.90. The molecule has 2 aromatic carbocycles. The second kappa shape index (κ2) is 7.43. The van der Waals surface area contributed by atoms with Gasteiger partial charge in [-0.15, -0.1) is 0 Å². The molecule has 3 aromatic rings. The number of hydrogen-bond acceptors (Lipinski definition) is 1. The number of carbonyl (C=O) groups is 1. The molecular formula is C25H29N3O. The number of nitrogens with zero attached hydrogens (tertiary/aromatic N) is 2. The molecule has 150 valence electrons. The fraction of sp³-hybridized carbons (Fsp3) is 0.320. The number of rotatable bonds is 2. The predicted molar refractivity (Wildman–Crippen MR) is 118 cm³/mol. The quantitative estimate of drug-likeness (QED) is 0.599. The van der Waals surface area contributed by atoms with E-state index in [1.807, 2.05) is 36.1 Å². The van der Waals surface area contributed by atoms with Crippen LogP contribution >= 0.6 is 0 Å². The third-order valence-electron chi connectivity index (χ3n) is 5.78. The topological polar surface area (TPSA) is 37.3 Å². The van der Waals surface area contributed by atoms with Gasteiger partial charge in [0.2, 0.25) is 0 Å².